The van der Waals surface area contributed by atoms with Gasteiger partial charge in [0.25, 0.3) is 0 Å². The fraction of sp³-hybridized carbons (Fsp3) is 0.435. The summed E-state index contributed by atoms with van der Waals surface area (Å²) in [6.07, 6.45) is 0.627. The fourth-order valence-corrected chi connectivity index (χ4v) is 3.34. The lowest BCUT2D eigenvalue weighted by Crippen LogP contribution is -2.49. The summed E-state index contributed by atoms with van der Waals surface area (Å²) in [6, 6.07) is 15.5. The molecule has 5 nitrogen and oxygen atoms in total. The molecular weight excluding hydrogens is 390 g/mol. The first-order valence-electron chi connectivity index (χ1n) is 9.68. The van der Waals surface area contributed by atoms with Crippen LogP contribution in [0.5, 0.6) is 17.2 Å². The number of amides is 1. The van der Waals surface area contributed by atoms with Crippen LogP contribution in [0, 0.1) is 5.41 Å². The fourth-order valence-electron chi connectivity index (χ4n) is 3.34. The molecule has 1 fully saturated rings. The molecule has 2 aromatic carbocycles. The lowest BCUT2D eigenvalue weighted by molar-refractivity contribution is -0.147. The van der Waals surface area contributed by atoms with Crippen molar-refractivity contribution in [1.82, 2.24) is 4.90 Å². The van der Waals surface area contributed by atoms with Gasteiger partial charge in [-0.25, -0.2) is 0 Å². The molecule has 0 aromatic heterocycles. The number of para-hydroxylation sites is 3. The Morgan fingerprint density at radius 2 is 1.69 bits per heavy atom. The summed E-state index contributed by atoms with van der Waals surface area (Å²) in [5.41, 5.74) is 0.663. The quantitative estimate of drug-likeness (QED) is 0.703. The van der Waals surface area contributed by atoms with Gasteiger partial charge in [0.2, 0.25) is 5.91 Å². The number of carbonyl (C=O) groups excluding carboxylic acids is 1. The topological polar surface area (TPSA) is 48.0 Å². The Morgan fingerprint density at radius 3 is 2.34 bits per heavy atom. The number of hydrogen-bond acceptors (Lipinski definition) is 4. The molecule has 0 radical (unpaired) electrons. The van der Waals surface area contributed by atoms with Crippen molar-refractivity contribution in [2.75, 3.05) is 26.8 Å². The smallest absolute Gasteiger partial charge is 0.228 e. The van der Waals surface area contributed by atoms with E-state index < -0.39 is 0 Å². The highest BCUT2D eigenvalue weighted by molar-refractivity contribution is 5.85. The molecule has 0 bridgehead atoms. The minimum Gasteiger partial charge on any atom is -0.493 e. The van der Waals surface area contributed by atoms with Crippen LogP contribution in [0.15, 0.2) is 48.5 Å². The Bertz CT molecular complexity index is 819. The molecule has 1 amide bonds. The SMILES string of the molecule is COc1ccccc1Oc1ccccc1CC1CN(C(=O)C(C)(C)C)CCO1.Cl. The van der Waals surface area contributed by atoms with Crippen LogP contribution in [-0.2, 0) is 16.0 Å². The van der Waals surface area contributed by atoms with Crippen LogP contribution in [0.4, 0.5) is 0 Å². The van der Waals surface area contributed by atoms with Gasteiger partial charge < -0.3 is 19.1 Å². The van der Waals surface area contributed by atoms with Gasteiger partial charge in [-0.3, -0.25) is 4.79 Å². The minimum atomic E-state index is -0.382. The number of morpholine rings is 1. The van der Waals surface area contributed by atoms with E-state index in [9.17, 15) is 4.79 Å². The second-order valence-corrected chi connectivity index (χ2v) is 8.06. The lowest BCUT2D eigenvalue weighted by Gasteiger charge is -2.36. The van der Waals surface area contributed by atoms with Gasteiger partial charge in [-0.15, -0.1) is 12.4 Å². The van der Waals surface area contributed by atoms with Gasteiger partial charge in [0.05, 0.1) is 19.8 Å². The zero-order valence-corrected chi connectivity index (χ0v) is 18.3. The highest BCUT2D eigenvalue weighted by Crippen LogP contribution is 2.33. The average Bonchev–Trinajstić information content (AvgIpc) is 2.69. The van der Waals surface area contributed by atoms with Gasteiger partial charge in [0, 0.05) is 24.9 Å². The highest BCUT2D eigenvalue weighted by atomic mass is 35.5. The number of benzene rings is 2. The zero-order valence-electron chi connectivity index (χ0n) is 17.5. The van der Waals surface area contributed by atoms with Crippen molar-refractivity contribution >= 4 is 18.3 Å². The maximum atomic E-state index is 12.6. The number of methoxy groups -OCH3 is 1. The molecule has 1 aliphatic rings. The predicted molar refractivity (Wildman–Crippen MR) is 116 cm³/mol. The normalized spacial score (nSPS) is 16.7. The first kappa shape index (κ1) is 23.0. The molecule has 1 saturated heterocycles. The monoisotopic (exact) mass is 419 g/mol. The van der Waals surface area contributed by atoms with Crippen molar-refractivity contribution in [3.05, 3.63) is 54.1 Å². The second kappa shape index (κ2) is 9.99. The molecule has 158 valence electrons. The van der Waals surface area contributed by atoms with Gasteiger partial charge in [0.1, 0.15) is 5.75 Å². The maximum absolute atomic E-state index is 12.6. The third-order valence-electron chi connectivity index (χ3n) is 4.78. The Hall–Kier alpha value is -2.24. The van der Waals surface area contributed by atoms with Crippen molar-refractivity contribution in [2.24, 2.45) is 5.41 Å². The van der Waals surface area contributed by atoms with E-state index in [0.717, 1.165) is 11.3 Å². The van der Waals surface area contributed by atoms with Crippen LogP contribution >= 0.6 is 12.4 Å². The Labute approximate surface area is 179 Å². The molecule has 3 rings (SSSR count). The Morgan fingerprint density at radius 1 is 1.07 bits per heavy atom. The van der Waals surface area contributed by atoms with Crippen LogP contribution in [0.1, 0.15) is 26.3 Å². The van der Waals surface area contributed by atoms with Gasteiger partial charge >= 0.3 is 0 Å². The summed E-state index contributed by atoms with van der Waals surface area (Å²) in [4.78, 5) is 14.5. The van der Waals surface area contributed by atoms with E-state index in [1.807, 2.05) is 74.2 Å². The van der Waals surface area contributed by atoms with E-state index in [-0.39, 0.29) is 29.8 Å². The highest BCUT2D eigenvalue weighted by Gasteiger charge is 2.31. The van der Waals surface area contributed by atoms with Gasteiger partial charge in [0.15, 0.2) is 11.5 Å². The van der Waals surface area contributed by atoms with E-state index >= 15 is 0 Å². The molecular formula is C23H30ClNO4. The third-order valence-corrected chi connectivity index (χ3v) is 4.78. The first-order valence-corrected chi connectivity index (χ1v) is 9.68. The molecule has 1 aliphatic heterocycles. The third kappa shape index (κ3) is 5.87. The van der Waals surface area contributed by atoms with Crippen LogP contribution in [0.2, 0.25) is 0 Å². The molecule has 29 heavy (non-hydrogen) atoms. The summed E-state index contributed by atoms with van der Waals surface area (Å²) in [5, 5.41) is 0. The van der Waals surface area contributed by atoms with Crippen LogP contribution < -0.4 is 9.47 Å². The molecule has 0 aliphatic carbocycles. The molecule has 2 aromatic rings. The standard InChI is InChI=1S/C23H29NO4.ClH/c1-23(2,3)22(25)24-13-14-27-18(16-24)15-17-9-5-6-10-19(17)28-21-12-8-7-11-20(21)26-4;/h5-12,18H,13-16H2,1-4H3;1H. The zero-order chi connectivity index (χ0) is 20.1. The predicted octanol–water partition coefficient (Wildman–Crippen LogP) is 4.73. The lowest BCUT2D eigenvalue weighted by atomic mass is 9.94. The van der Waals surface area contributed by atoms with E-state index in [2.05, 4.69) is 0 Å². The van der Waals surface area contributed by atoms with E-state index in [4.69, 9.17) is 14.2 Å². The number of carbonyl (C=O) groups is 1. The average molecular weight is 420 g/mol. The molecule has 1 unspecified atom stereocenters. The molecule has 0 N–H and O–H groups in total. The van der Waals surface area contributed by atoms with Crippen LogP contribution in [0.25, 0.3) is 0 Å². The second-order valence-electron chi connectivity index (χ2n) is 8.06. The summed E-state index contributed by atoms with van der Waals surface area (Å²) in [7, 11) is 1.63. The molecule has 0 spiro atoms. The largest absolute Gasteiger partial charge is 0.493 e. The van der Waals surface area contributed by atoms with E-state index in [0.29, 0.717) is 37.6 Å². The summed E-state index contributed by atoms with van der Waals surface area (Å²) in [6.45, 7) is 7.66. The summed E-state index contributed by atoms with van der Waals surface area (Å²) >= 11 is 0. The number of nitrogens with zero attached hydrogens (tertiary/aromatic N) is 1. The number of ether oxygens (including phenoxy) is 3. The summed E-state index contributed by atoms with van der Waals surface area (Å²) in [5.74, 6) is 2.30. The molecule has 1 atom stereocenters. The molecule has 1 heterocycles. The van der Waals surface area contributed by atoms with Crippen molar-refractivity contribution < 1.29 is 19.0 Å². The molecule has 6 heteroatoms. The maximum Gasteiger partial charge on any atom is 0.228 e. The van der Waals surface area contributed by atoms with Gasteiger partial charge in [-0.2, -0.15) is 0 Å². The van der Waals surface area contributed by atoms with Gasteiger partial charge in [-0.05, 0) is 23.8 Å². The van der Waals surface area contributed by atoms with E-state index in [1.165, 1.54) is 0 Å². The Kier molecular flexibility index (Phi) is 7.94. The van der Waals surface area contributed by atoms with Crippen molar-refractivity contribution in [1.29, 1.82) is 0 Å². The number of hydrogen-bond donors (Lipinski definition) is 0. The number of halogens is 1. The van der Waals surface area contributed by atoms with Crippen LogP contribution in [0.3, 0.4) is 0 Å². The van der Waals surface area contributed by atoms with Crippen LogP contribution in [-0.4, -0.2) is 43.7 Å². The molecule has 0 saturated carbocycles. The van der Waals surface area contributed by atoms with Gasteiger partial charge in [-0.1, -0.05) is 51.1 Å². The van der Waals surface area contributed by atoms with Crippen molar-refractivity contribution in [3.8, 4) is 17.2 Å². The summed E-state index contributed by atoms with van der Waals surface area (Å²) < 4.78 is 17.5. The number of rotatable bonds is 5. The van der Waals surface area contributed by atoms with Crippen molar-refractivity contribution in [2.45, 2.75) is 33.3 Å². The van der Waals surface area contributed by atoms with Crippen molar-refractivity contribution in [3.63, 3.8) is 0 Å². The van der Waals surface area contributed by atoms with E-state index in [1.54, 1.807) is 7.11 Å². The minimum absolute atomic E-state index is 0. The Balaban J connectivity index is 0.00000300. The first-order chi connectivity index (χ1) is 13.4.